The monoisotopic (exact) mass is 296 g/mol. The molecule has 1 saturated heterocycles. The Morgan fingerprint density at radius 2 is 2.00 bits per heavy atom. The van der Waals surface area contributed by atoms with Gasteiger partial charge in [-0.05, 0) is 18.2 Å². The second kappa shape index (κ2) is 5.42. The lowest BCUT2D eigenvalue weighted by atomic mass is 10.3. The first-order chi connectivity index (χ1) is 9.65. The van der Waals surface area contributed by atoms with E-state index in [2.05, 4.69) is 4.90 Å². The first kappa shape index (κ1) is 13.4. The van der Waals surface area contributed by atoms with Gasteiger partial charge in [-0.3, -0.25) is 4.79 Å². The number of carbonyl (C=O) groups is 1. The van der Waals surface area contributed by atoms with Crippen molar-refractivity contribution in [3.63, 3.8) is 0 Å². The van der Waals surface area contributed by atoms with Crippen LogP contribution < -0.4 is 4.90 Å². The zero-order valence-corrected chi connectivity index (χ0v) is 11.6. The zero-order valence-electron chi connectivity index (χ0n) is 10.8. The van der Waals surface area contributed by atoms with E-state index in [9.17, 15) is 9.18 Å². The third kappa shape index (κ3) is 2.51. The van der Waals surface area contributed by atoms with Crippen LogP contribution in [0.25, 0.3) is 0 Å². The van der Waals surface area contributed by atoms with Crippen molar-refractivity contribution in [1.29, 1.82) is 0 Å². The molecule has 0 atom stereocenters. The first-order valence-electron chi connectivity index (χ1n) is 6.45. The van der Waals surface area contributed by atoms with Gasteiger partial charge in [0.15, 0.2) is 0 Å². The predicted molar refractivity (Wildman–Crippen MR) is 74.2 cm³/mol. The highest BCUT2D eigenvalue weighted by Crippen LogP contribution is 2.27. The molecule has 1 aromatic carbocycles. The lowest BCUT2D eigenvalue weighted by Gasteiger charge is -2.30. The fraction of sp³-hybridized carbons (Fsp3) is 0.357. The zero-order chi connectivity index (χ0) is 14.1. The highest BCUT2D eigenvalue weighted by Gasteiger charge is 2.27. The fourth-order valence-electron chi connectivity index (χ4n) is 2.42. The second-order valence-corrected chi connectivity index (χ2v) is 5.17. The molecular weight excluding hydrogens is 283 g/mol. The number of halogens is 2. The number of hydrogen-bond donors (Lipinski definition) is 0. The number of benzene rings is 1. The molecule has 4 nitrogen and oxygen atoms in total. The normalized spacial score (nSPS) is 19.5. The highest BCUT2D eigenvalue weighted by molar-refractivity contribution is 6.31. The Balaban J connectivity index is 1.77. The number of anilines is 1. The van der Waals surface area contributed by atoms with Gasteiger partial charge in [0.25, 0.3) is 5.91 Å². The Hall–Kier alpha value is -1.59. The minimum Gasteiger partial charge on any atom is -0.378 e. The molecule has 3 rings (SSSR count). The van der Waals surface area contributed by atoms with Gasteiger partial charge in [0.05, 0.1) is 24.8 Å². The summed E-state index contributed by atoms with van der Waals surface area (Å²) in [6.07, 6.45) is 1.63. The van der Waals surface area contributed by atoms with Gasteiger partial charge in [-0.2, -0.15) is 0 Å². The van der Waals surface area contributed by atoms with Crippen molar-refractivity contribution >= 4 is 23.2 Å². The quantitative estimate of drug-likeness (QED) is 0.837. The van der Waals surface area contributed by atoms with Gasteiger partial charge in [-0.25, -0.2) is 4.39 Å². The molecule has 1 amide bonds. The molecule has 0 saturated carbocycles. The molecule has 106 valence electrons. The van der Waals surface area contributed by atoms with Gasteiger partial charge in [-0.1, -0.05) is 11.6 Å². The van der Waals surface area contributed by atoms with E-state index in [-0.39, 0.29) is 10.9 Å². The van der Waals surface area contributed by atoms with Crippen molar-refractivity contribution in [3.8, 4) is 0 Å². The van der Waals surface area contributed by atoms with Crippen molar-refractivity contribution in [3.05, 3.63) is 40.8 Å². The van der Waals surface area contributed by atoms with Gasteiger partial charge in [0.1, 0.15) is 5.82 Å². The maximum atomic E-state index is 13.2. The number of amides is 1. The van der Waals surface area contributed by atoms with Gasteiger partial charge in [0.2, 0.25) is 0 Å². The lowest BCUT2D eigenvalue weighted by molar-refractivity contribution is -0.113. The largest absolute Gasteiger partial charge is 0.378 e. The van der Waals surface area contributed by atoms with E-state index in [0.29, 0.717) is 25.4 Å². The molecule has 0 aromatic heterocycles. The van der Waals surface area contributed by atoms with Gasteiger partial charge in [-0.15, -0.1) is 0 Å². The van der Waals surface area contributed by atoms with Crippen LogP contribution in [0.2, 0.25) is 5.02 Å². The maximum Gasteiger partial charge on any atom is 0.253 e. The van der Waals surface area contributed by atoms with Crippen LogP contribution in [0.3, 0.4) is 0 Å². The van der Waals surface area contributed by atoms with Gasteiger partial charge in [0, 0.05) is 30.5 Å². The molecule has 2 heterocycles. The first-order valence-corrected chi connectivity index (χ1v) is 6.83. The van der Waals surface area contributed by atoms with E-state index in [1.54, 1.807) is 17.0 Å². The second-order valence-electron chi connectivity index (χ2n) is 4.76. The molecular formula is C14H14ClFN2O2. The summed E-state index contributed by atoms with van der Waals surface area (Å²) in [7, 11) is 0. The fourth-order valence-corrected chi connectivity index (χ4v) is 2.59. The minimum atomic E-state index is -0.483. The number of ether oxygens (including phenoxy) is 1. The van der Waals surface area contributed by atoms with Crippen LogP contribution >= 0.6 is 11.6 Å². The molecule has 1 fully saturated rings. The topological polar surface area (TPSA) is 32.8 Å². The summed E-state index contributed by atoms with van der Waals surface area (Å²) in [5, 5.41) is 0.0233. The SMILES string of the molecule is O=C1C=C(N2CCOCC2)CN1c1ccc(F)c(Cl)c1. The molecule has 0 unspecified atom stereocenters. The Kier molecular flexibility index (Phi) is 3.63. The van der Waals surface area contributed by atoms with E-state index in [1.165, 1.54) is 12.1 Å². The minimum absolute atomic E-state index is 0.0233. The average molecular weight is 297 g/mol. The Morgan fingerprint density at radius 1 is 1.25 bits per heavy atom. The molecule has 0 N–H and O–H groups in total. The number of rotatable bonds is 2. The van der Waals surface area contributed by atoms with Crippen LogP contribution in [0, 0.1) is 5.82 Å². The molecule has 0 aliphatic carbocycles. The molecule has 6 heteroatoms. The molecule has 2 aliphatic rings. The Labute approximate surface area is 121 Å². The maximum absolute atomic E-state index is 13.2. The standard InChI is InChI=1S/C14H14ClFN2O2/c15-12-7-10(1-2-13(12)16)18-9-11(8-14(18)19)17-3-5-20-6-4-17/h1-2,7-8H,3-6,9H2. The van der Waals surface area contributed by atoms with Crippen molar-refractivity contribution in [1.82, 2.24) is 4.90 Å². The van der Waals surface area contributed by atoms with Crippen LogP contribution in [-0.4, -0.2) is 43.7 Å². The van der Waals surface area contributed by atoms with E-state index < -0.39 is 5.82 Å². The summed E-state index contributed by atoms with van der Waals surface area (Å²) >= 11 is 5.77. The summed E-state index contributed by atoms with van der Waals surface area (Å²) in [6, 6.07) is 4.32. The number of nitrogens with zero attached hydrogens (tertiary/aromatic N) is 2. The average Bonchev–Trinajstić information content (AvgIpc) is 2.85. The third-order valence-electron chi connectivity index (χ3n) is 3.51. The van der Waals surface area contributed by atoms with Crippen LogP contribution in [0.15, 0.2) is 30.0 Å². The number of morpholine rings is 1. The van der Waals surface area contributed by atoms with Crippen LogP contribution in [0.1, 0.15) is 0 Å². The Bertz CT molecular complexity index is 570. The highest BCUT2D eigenvalue weighted by atomic mass is 35.5. The third-order valence-corrected chi connectivity index (χ3v) is 3.80. The van der Waals surface area contributed by atoms with E-state index in [4.69, 9.17) is 16.3 Å². The van der Waals surface area contributed by atoms with E-state index in [0.717, 1.165) is 18.8 Å². The van der Waals surface area contributed by atoms with Crippen LogP contribution in [-0.2, 0) is 9.53 Å². The molecule has 1 aromatic rings. The number of hydrogen-bond acceptors (Lipinski definition) is 3. The predicted octanol–water partition coefficient (Wildman–Crippen LogP) is 2.04. The lowest BCUT2D eigenvalue weighted by Crippen LogP contribution is -2.37. The molecule has 20 heavy (non-hydrogen) atoms. The smallest absolute Gasteiger partial charge is 0.253 e. The number of carbonyl (C=O) groups excluding carboxylic acids is 1. The van der Waals surface area contributed by atoms with Crippen molar-refractivity contribution in [2.45, 2.75) is 0 Å². The molecule has 0 spiro atoms. The summed E-state index contributed by atoms with van der Waals surface area (Å²) < 4.78 is 18.5. The van der Waals surface area contributed by atoms with E-state index in [1.807, 2.05) is 0 Å². The van der Waals surface area contributed by atoms with Gasteiger partial charge >= 0.3 is 0 Å². The van der Waals surface area contributed by atoms with Crippen molar-refractivity contribution < 1.29 is 13.9 Å². The molecule has 0 radical (unpaired) electrons. The van der Waals surface area contributed by atoms with Crippen molar-refractivity contribution in [2.24, 2.45) is 0 Å². The van der Waals surface area contributed by atoms with Crippen molar-refractivity contribution in [2.75, 3.05) is 37.7 Å². The Morgan fingerprint density at radius 3 is 2.70 bits per heavy atom. The molecule has 0 bridgehead atoms. The van der Waals surface area contributed by atoms with Gasteiger partial charge < -0.3 is 14.5 Å². The summed E-state index contributed by atoms with van der Waals surface area (Å²) in [6.45, 7) is 3.41. The van der Waals surface area contributed by atoms with Crippen LogP contribution in [0.4, 0.5) is 10.1 Å². The van der Waals surface area contributed by atoms with Crippen LogP contribution in [0.5, 0.6) is 0 Å². The summed E-state index contributed by atoms with van der Waals surface area (Å²) in [5.41, 5.74) is 1.58. The van der Waals surface area contributed by atoms with E-state index >= 15 is 0 Å². The summed E-state index contributed by atoms with van der Waals surface area (Å²) in [5.74, 6) is -0.586. The summed E-state index contributed by atoms with van der Waals surface area (Å²) in [4.78, 5) is 15.8. The molecule has 2 aliphatic heterocycles.